The maximum absolute atomic E-state index is 11.9. The smallest absolute Gasteiger partial charge is 0.224 e. The van der Waals surface area contributed by atoms with E-state index in [2.05, 4.69) is 23.2 Å². The number of likely N-dealkylation sites (tertiary alicyclic amines) is 1. The zero-order valence-electron chi connectivity index (χ0n) is 13.5. The topological polar surface area (TPSA) is 56.1 Å². The second kappa shape index (κ2) is 7.79. The lowest BCUT2D eigenvalue weighted by atomic mass is 9.75. The van der Waals surface area contributed by atoms with E-state index in [9.17, 15) is 10.1 Å². The van der Waals surface area contributed by atoms with E-state index in [1.807, 2.05) is 0 Å². The number of hydrogen-bond donors (Lipinski definition) is 1. The van der Waals surface area contributed by atoms with Gasteiger partial charge in [0.15, 0.2) is 0 Å². The first kappa shape index (κ1) is 16.3. The zero-order chi connectivity index (χ0) is 15.2. The normalized spacial score (nSPS) is 34.1. The van der Waals surface area contributed by atoms with Crippen molar-refractivity contribution in [2.45, 2.75) is 57.9 Å². The summed E-state index contributed by atoms with van der Waals surface area (Å²) in [7, 11) is 1.72. The molecule has 1 saturated heterocycles. The maximum atomic E-state index is 11.9. The fraction of sp³-hybridized carbons (Fsp3) is 0.882. The van der Waals surface area contributed by atoms with Crippen molar-refractivity contribution in [3.05, 3.63) is 0 Å². The van der Waals surface area contributed by atoms with Crippen LogP contribution in [-0.2, 0) is 4.79 Å². The molecule has 0 bridgehead atoms. The van der Waals surface area contributed by atoms with Gasteiger partial charge < -0.3 is 5.32 Å². The number of hydrogen-bond acceptors (Lipinski definition) is 3. The van der Waals surface area contributed by atoms with E-state index in [4.69, 9.17) is 0 Å². The molecule has 1 saturated carbocycles. The van der Waals surface area contributed by atoms with Crippen LogP contribution in [0.3, 0.4) is 0 Å². The van der Waals surface area contributed by atoms with Gasteiger partial charge >= 0.3 is 0 Å². The lowest BCUT2D eigenvalue weighted by Gasteiger charge is -2.43. The Balaban J connectivity index is 2.02. The first-order chi connectivity index (χ1) is 10.2. The summed E-state index contributed by atoms with van der Waals surface area (Å²) >= 11 is 0. The van der Waals surface area contributed by atoms with Gasteiger partial charge in [-0.3, -0.25) is 9.69 Å². The third-order valence-electron chi connectivity index (χ3n) is 5.33. The average Bonchev–Trinajstić information content (AvgIpc) is 2.54. The van der Waals surface area contributed by atoms with E-state index in [-0.39, 0.29) is 17.7 Å². The fourth-order valence-corrected chi connectivity index (χ4v) is 4.18. The molecule has 2 fully saturated rings. The molecule has 2 aliphatic rings. The Morgan fingerprint density at radius 3 is 2.86 bits per heavy atom. The quantitative estimate of drug-likeness (QED) is 0.866. The number of nitrogens with one attached hydrogen (secondary N) is 1. The van der Waals surface area contributed by atoms with E-state index in [1.54, 1.807) is 7.05 Å². The van der Waals surface area contributed by atoms with Crippen molar-refractivity contribution in [3.63, 3.8) is 0 Å². The summed E-state index contributed by atoms with van der Waals surface area (Å²) in [4.78, 5) is 14.4. The molecule has 1 N–H and O–H groups in total. The van der Waals surface area contributed by atoms with Gasteiger partial charge in [-0.25, -0.2) is 0 Å². The molecule has 0 aromatic carbocycles. The Morgan fingerprint density at radius 1 is 1.38 bits per heavy atom. The minimum Gasteiger partial charge on any atom is -0.359 e. The van der Waals surface area contributed by atoms with Crippen LogP contribution >= 0.6 is 0 Å². The van der Waals surface area contributed by atoms with Crippen LogP contribution in [0.1, 0.15) is 51.9 Å². The van der Waals surface area contributed by atoms with Gasteiger partial charge in [0, 0.05) is 19.6 Å². The lowest BCUT2D eigenvalue weighted by Crippen LogP contribution is -2.50. The Labute approximate surface area is 128 Å². The van der Waals surface area contributed by atoms with Crippen LogP contribution in [0.25, 0.3) is 0 Å². The molecule has 4 unspecified atom stereocenters. The van der Waals surface area contributed by atoms with Gasteiger partial charge in [0.1, 0.15) is 0 Å². The van der Waals surface area contributed by atoms with Crippen LogP contribution < -0.4 is 5.32 Å². The molecule has 4 nitrogen and oxygen atoms in total. The maximum Gasteiger partial charge on any atom is 0.224 e. The summed E-state index contributed by atoms with van der Waals surface area (Å²) in [5.41, 5.74) is 0. The molecular weight excluding hydrogens is 262 g/mol. The summed E-state index contributed by atoms with van der Waals surface area (Å²) in [5.74, 6) is 1.19. The van der Waals surface area contributed by atoms with Gasteiger partial charge in [0.05, 0.1) is 17.9 Å². The number of piperidine rings is 1. The van der Waals surface area contributed by atoms with Crippen LogP contribution in [-0.4, -0.2) is 37.0 Å². The number of nitrogens with zero attached hydrogens (tertiary/aromatic N) is 2. The Hall–Kier alpha value is -1.08. The van der Waals surface area contributed by atoms with E-state index in [0.29, 0.717) is 6.04 Å². The number of nitriles is 1. The summed E-state index contributed by atoms with van der Waals surface area (Å²) in [6.07, 6.45) is 7.95. The predicted molar refractivity (Wildman–Crippen MR) is 83.5 cm³/mol. The second-order valence-corrected chi connectivity index (χ2v) is 6.72. The van der Waals surface area contributed by atoms with E-state index in [1.165, 1.54) is 19.3 Å². The van der Waals surface area contributed by atoms with Crippen LogP contribution in [0.4, 0.5) is 0 Å². The molecule has 4 atom stereocenters. The molecule has 0 spiro atoms. The first-order valence-electron chi connectivity index (χ1n) is 8.54. The van der Waals surface area contributed by atoms with Crippen molar-refractivity contribution >= 4 is 5.91 Å². The van der Waals surface area contributed by atoms with Crippen LogP contribution in [0, 0.1) is 29.1 Å². The van der Waals surface area contributed by atoms with Gasteiger partial charge in [0.25, 0.3) is 0 Å². The van der Waals surface area contributed by atoms with Gasteiger partial charge in [0.2, 0.25) is 5.91 Å². The molecule has 21 heavy (non-hydrogen) atoms. The van der Waals surface area contributed by atoms with Gasteiger partial charge in [-0.2, -0.15) is 5.26 Å². The van der Waals surface area contributed by atoms with Crippen LogP contribution in [0.15, 0.2) is 0 Å². The molecule has 1 amide bonds. The minimum absolute atomic E-state index is 0.106. The second-order valence-electron chi connectivity index (χ2n) is 6.72. The molecule has 0 aromatic rings. The molecule has 2 rings (SSSR count). The van der Waals surface area contributed by atoms with Crippen LogP contribution in [0.2, 0.25) is 0 Å². The summed E-state index contributed by atoms with van der Waals surface area (Å²) in [6.45, 7) is 4.13. The van der Waals surface area contributed by atoms with Gasteiger partial charge in [-0.05, 0) is 44.6 Å². The SMILES string of the molecule is CCCC1CCC(C#N)C(N2CCCC(C(=O)NC)C2)C1. The number of carbonyl (C=O) groups is 1. The molecule has 1 aliphatic heterocycles. The van der Waals surface area contributed by atoms with Crippen molar-refractivity contribution in [2.75, 3.05) is 20.1 Å². The molecular formula is C17H29N3O. The molecule has 1 aliphatic carbocycles. The van der Waals surface area contributed by atoms with Crippen molar-refractivity contribution in [1.82, 2.24) is 10.2 Å². The highest BCUT2D eigenvalue weighted by atomic mass is 16.1. The summed E-state index contributed by atoms with van der Waals surface area (Å²) < 4.78 is 0. The van der Waals surface area contributed by atoms with Crippen molar-refractivity contribution in [1.29, 1.82) is 5.26 Å². The van der Waals surface area contributed by atoms with Crippen LogP contribution in [0.5, 0.6) is 0 Å². The monoisotopic (exact) mass is 291 g/mol. The standard InChI is InChI=1S/C17H29N3O/c1-3-5-13-7-8-14(11-18)16(10-13)20-9-4-6-15(12-20)17(21)19-2/h13-16H,3-10,12H2,1-2H3,(H,19,21). The highest BCUT2D eigenvalue weighted by Crippen LogP contribution is 2.36. The van der Waals surface area contributed by atoms with Crippen molar-refractivity contribution in [3.8, 4) is 6.07 Å². The number of carbonyl (C=O) groups excluding carboxylic acids is 1. The largest absolute Gasteiger partial charge is 0.359 e. The molecule has 118 valence electrons. The van der Waals surface area contributed by atoms with Crippen molar-refractivity contribution in [2.24, 2.45) is 17.8 Å². The lowest BCUT2D eigenvalue weighted by molar-refractivity contribution is -0.126. The Morgan fingerprint density at radius 2 is 2.19 bits per heavy atom. The molecule has 1 heterocycles. The summed E-state index contributed by atoms with van der Waals surface area (Å²) in [6, 6.07) is 2.90. The highest BCUT2D eigenvalue weighted by molar-refractivity contribution is 5.78. The summed E-state index contributed by atoms with van der Waals surface area (Å²) in [5, 5.41) is 12.3. The van der Waals surface area contributed by atoms with E-state index >= 15 is 0 Å². The van der Waals surface area contributed by atoms with Gasteiger partial charge in [-0.1, -0.05) is 19.8 Å². The van der Waals surface area contributed by atoms with Crippen molar-refractivity contribution < 1.29 is 4.79 Å². The zero-order valence-corrected chi connectivity index (χ0v) is 13.5. The Kier molecular flexibility index (Phi) is 6.05. The highest BCUT2D eigenvalue weighted by Gasteiger charge is 2.37. The van der Waals surface area contributed by atoms with E-state index < -0.39 is 0 Å². The average molecular weight is 291 g/mol. The predicted octanol–water partition coefficient (Wildman–Crippen LogP) is 2.55. The molecule has 0 aromatic heterocycles. The van der Waals surface area contributed by atoms with E-state index in [0.717, 1.165) is 44.7 Å². The Bertz CT molecular complexity index is 390. The molecule has 0 radical (unpaired) electrons. The number of amides is 1. The third kappa shape index (κ3) is 3.97. The fourth-order valence-electron chi connectivity index (χ4n) is 4.18. The number of rotatable bonds is 4. The molecule has 4 heteroatoms. The van der Waals surface area contributed by atoms with Gasteiger partial charge in [-0.15, -0.1) is 0 Å². The third-order valence-corrected chi connectivity index (χ3v) is 5.33. The minimum atomic E-state index is 0.106. The first-order valence-corrected chi connectivity index (χ1v) is 8.54.